The maximum atomic E-state index is 12.9. The standard InChI is InChI=1S/C18H14F3N3O/c1-12-4-9-16(23-11-12)24-13-5-7-14(8-6-13)25-17-15(18(19,20)21)3-2-10-22-17/h2-11H,1H3,(H,23,24). The summed E-state index contributed by atoms with van der Waals surface area (Å²) < 4.78 is 44.1. The number of nitrogens with zero attached hydrogens (tertiary/aromatic N) is 2. The fourth-order valence-corrected chi connectivity index (χ4v) is 2.10. The summed E-state index contributed by atoms with van der Waals surface area (Å²) in [6.45, 7) is 1.94. The SMILES string of the molecule is Cc1ccc(Nc2ccc(Oc3ncccc3C(F)(F)F)cc2)nc1. The van der Waals surface area contributed by atoms with E-state index in [4.69, 9.17) is 4.74 Å². The van der Waals surface area contributed by atoms with Gasteiger partial charge < -0.3 is 10.1 Å². The van der Waals surface area contributed by atoms with Gasteiger partial charge in [0.1, 0.15) is 17.1 Å². The van der Waals surface area contributed by atoms with E-state index in [0.29, 0.717) is 5.82 Å². The first-order chi connectivity index (χ1) is 11.9. The Hall–Kier alpha value is -3.09. The lowest BCUT2D eigenvalue weighted by Crippen LogP contribution is -2.08. The number of halogens is 3. The molecule has 2 aromatic heterocycles. The van der Waals surface area contributed by atoms with E-state index < -0.39 is 17.6 Å². The van der Waals surface area contributed by atoms with Crippen molar-refractivity contribution in [2.75, 3.05) is 5.32 Å². The second kappa shape index (κ2) is 6.80. The summed E-state index contributed by atoms with van der Waals surface area (Å²) in [7, 11) is 0. The number of ether oxygens (including phenoxy) is 1. The Morgan fingerprint density at radius 3 is 2.36 bits per heavy atom. The first-order valence-electron chi connectivity index (χ1n) is 7.41. The molecule has 25 heavy (non-hydrogen) atoms. The van der Waals surface area contributed by atoms with Crippen molar-refractivity contribution in [3.63, 3.8) is 0 Å². The molecule has 0 aliphatic heterocycles. The lowest BCUT2D eigenvalue weighted by molar-refractivity contribution is -0.138. The second-order valence-corrected chi connectivity index (χ2v) is 5.33. The van der Waals surface area contributed by atoms with Gasteiger partial charge in [-0.15, -0.1) is 0 Å². The fourth-order valence-electron chi connectivity index (χ4n) is 2.10. The summed E-state index contributed by atoms with van der Waals surface area (Å²) in [6.07, 6.45) is -1.54. The van der Waals surface area contributed by atoms with E-state index in [9.17, 15) is 13.2 Å². The number of nitrogens with one attached hydrogen (secondary N) is 1. The van der Waals surface area contributed by atoms with Crippen molar-refractivity contribution in [1.29, 1.82) is 0 Å². The van der Waals surface area contributed by atoms with E-state index in [1.807, 2.05) is 19.1 Å². The van der Waals surface area contributed by atoms with Crippen molar-refractivity contribution in [3.05, 3.63) is 72.1 Å². The molecule has 0 unspecified atom stereocenters. The molecule has 0 fully saturated rings. The predicted octanol–water partition coefficient (Wildman–Crippen LogP) is 5.34. The van der Waals surface area contributed by atoms with E-state index in [2.05, 4.69) is 15.3 Å². The van der Waals surface area contributed by atoms with Crippen LogP contribution in [0.5, 0.6) is 11.6 Å². The van der Waals surface area contributed by atoms with Gasteiger partial charge in [-0.1, -0.05) is 6.07 Å². The van der Waals surface area contributed by atoms with Crippen LogP contribution in [-0.4, -0.2) is 9.97 Å². The molecule has 3 aromatic rings. The third-order valence-corrected chi connectivity index (χ3v) is 3.33. The maximum Gasteiger partial charge on any atom is 0.421 e. The molecular weight excluding hydrogens is 331 g/mol. The van der Waals surface area contributed by atoms with E-state index in [0.717, 1.165) is 17.3 Å². The van der Waals surface area contributed by atoms with Crippen LogP contribution in [0.15, 0.2) is 60.9 Å². The van der Waals surface area contributed by atoms with Crippen LogP contribution in [0.2, 0.25) is 0 Å². The van der Waals surface area contributed by atoms with Crippen molar-refractivity contribution in [1.82, 2.24) is 9.97 Å². The molecule has 1 N–H and O–H groups in total. The van der Waals surface area contributed by atoms with Gasteiger partial charge in [0, 0.05) is 18.1 Å². The molecule has 7 heteroatoms. The molecule has 1 aromatic carbocycles. The van der Waals surface area contributed by atoms with Crippen molar-refractivity contribution in [2.45, 2.75) is 13.1 Å². The average Bonchev–Trinajstić information content (AvgIpc) is 2.58. The monoisotopic (exact) mass is 345 g/mol. The minimum absolute atomic E-state index is 0.256. The Morgan fingerprint density at radius 2 is 1.72 bits per heavy atom. The zero-order valence-electron chi connectivity index (χ0n) is 13.2. The number of aromatic nitrogens is 2. The van der Waals surface area contributed by atoms with Crippen LogP contribution in [0.4, 0.5) is 24.7 Å². The van der Waals surface area contributed by atoms with Gasteiger partial charge in [-0.3, -0.25) is 0 Å². The molecule has 0 aliphatic rings. The number of anilines is 2. The fraction of sp³-hybridized carbons (Fsp3) is 0.111. The second-order valence-electron chi connectivity index (χ2n) is 5.33. The van der Waals surface area contributed by atoms with Crippen molar-refractivity contribution < 1.29 is 17.9 Å². The number of hydrogen-bond donors (Lipinski definition) is 1. The highest BCUT2D eigenvalue weighted by Crippen LogP contribution is 2.36. The minimum Gasteiger partial charge on any atom is -0.438 e. The summed E-state index contributed by atoms with van der Waals surface area (Å²) >= 11 is 0. The van der Waals surface area contributed by atoms with Gasteiger partial charge in [-0.05, 0) is 55.0 Å². The van der Waals surface area contributed by atoms with Crippen molar-refractivity contribution in [2.24, 2.45) is 0 Å². The molecule has 2 heterocycles. The molecule has 3 rings (SSSR count). The van der Waals surface area contributed by atoms with Crippen LogP contribution in [0, 0.1) is 6.92 Å². The number of alkyl halides is 3. The summed E-state index contributed by atoms with van der Waals surface area (Å²) in [4.78, 5) is 7.90. The van der Waals surface area contributed by atoms with Crippen LogP contribution in [0.3, 0.4) is 0 Å². The van der Waals surface area contributed by atoms with Crippen molar-refractivity contribution in [3.8, 4) is 11.6 Å². The minimum atomic E-state index is -4.53. The average molecular weight is 345 g/mol. The molecule has 4 nitrogen and oxygen atoms in total. The lowest BCUT2D eigenvalue weighted by Gasteiger charge is -2.12. The molecule has 0 saturated carbocycles. The van der Waals surface area contributed by atoms with Crippen molar-refractivity contribution >= 4 is 11.5 Å². The smallest absolute Gasteiger partial charge is 0.421 e. The van der Waals surface area contributed by atoms with Gasteiger partial charge in [-0.2, -0.15) is 13.2 Å². The zero-order chi connectivity index (χ0) is 17.9. The molecule has 0 atom stereocenters. The van der Waals surface area contributed by atoms with Crippen LogP contribution in [0.1, 0.15) is 11.1 Å². The van der Waals surface area contributed by atoms with Gasteiger partial charge in [0.2, 0.25) is 5.88 Å². The molecule has 0 radical (unpaired) electrons. The Labute approximate surface area is 142 Å². The summed E-state index contributed by atoms with van der Waals surface area (Å²) in [5.41, 5.74) is 0.868. The molecular formula is C18H14F3N3O. The Balaban J connectivity index is 1.74. The summed E-state index contributed by atoms with van der Waals surface area (Å²) in [5, 5.41) is 3.10. The van der Waals surface area contributed by atoms with Gasteiger partial charge >= 0.3 is 6.18 Å². The maximum absolute atomic E-state index is 12.9. The van der Waals surface area contributed by atoms with Gasteiger partial charge in [0.25, 0.3) is 0 Å². The van der Waals surface area contributed by atoms with Gasteiger partial charge in [-0.25, -0.2) is 9.97 Å². The quantitative estimate of drug-likeness (QED) is 0.693. The van der Waals surface area contributed by atoms with E-state index >= 15 is 0 Å². The van der Waals surface area contributed by atoms with Crippen LogP contribution < -0.4 is 10.1 Å². The topological polar surface area (TPSA) is 47.0 Å². The predicted molar refractivity (Wildman–Crippen MR) is 88.0 cm³/mol. The first kappa shape index (κ1) is 16.8. The number of aryl methyl sites for hydroxylation is 1. The highest BCUT2D eigenvalue weighted by molar-refractivity contribution is 5.57. The Morgan fingerprint density at radius 1 is 0.960 bits per heavy atom. The molecule has 128 valence electrons. The highest BCUT2D eigenvalue weighted by atomic mass is 19.4. The molecule has 0 bridgehead atoms. The van der Waals surface area contributed by atoms with Crippen LogP contribution in [-0.2, 0) is 6.18 Å². The third-order valence-electron chi connectivity index (χ3n) is 3.33. The van der Waals surface area contributed by atoms with Crippen LogP contribution in [0.25, 0.3) is 0 Å². The van der Waals surface area contributed by atoms with E-state index in [1.54, 1.807) is 30.5 Å². The first-order valence-corrected chi connectivity index (χ1v) is 7.41. The number of benzene rings is 1. The third kappa shape index (κ3) is 4.26. The van der Waals surface area contributed by atoms with E-state index in [-0.39, 0.29) is 5.75 Å². The van der Waals surface area contributed by atoms with E-state index in [1.165, 1.54) is 12.3 Å². The molecule has 0 spiro atoms. The Kier molecular flexibility index (Phi) is 4.56. The molecule has 0 saturated heterocycles. The van der Waals surface area contributed by atoms with Crippen LogP contribution >= 0.6 is 0 Å². The highest BCUT2D eigenvalue weighted by Gasteiger charge is 2.35. The number of rotatable bonds is 4. The van der Waals surface area contributed by atoms with Gasteiger partial charge in [0.05, 0.1) is 0 Å². The normalized spacial score (nSPS) is 11.2. The lowest BCUT2D eigenvalue weighted by atomic mass is 10.2. The Bertz CT molecular complexity index is 847. The number of pyridine rings is 2. The largest absolute Gasteiger partial charge is 0.438 e. The number of hydrogen-bond acceptors (Lipinski definition) is 4. The summed E-state index contributed by atoms with van der Waals surface area (Å²) in [5.74, 6) is 0.450. The molecule has 0 amide bonds. The van der Waals surface area contributed by atoms with Gasteiger partial charge in [0.15, 0.2) is 0 Å². The summed E-state index contributed by atoms with van der Waals surface area (Å²) in [6, 6.07) is 12.4. The zero-order valence-corrected chi connectivity index (χ0v) is 13.2. The molecule has 0 aliphatic carbocycles.